The average molecular weight is 352 g/mol. The number of esters is 1. The van der Waals surface area contributed by atoms with Crippen molar-refractivity contribution in [1.82, 2.24) is 10.3 Å². The third kappa shape index (κ3) is 3.06. The lowest BCUT2D eigenvalue weighted by Gasteiger charge is -2.23. The van der Waals surface area contributed by atoms with Gasteiger partial charge in [0.2, 0.25) is 0 Å². The van der Waals surface area contributed by atoms with Crippen LogP contribution in [0.1, 0.15) is 21.5 Å². The van der Waals surface area contributed by atoms with E-state index in [2.05, 4.69) is 10.3 Å². The summed E-state index contributed by atoms with van der Waals surface area (Å²) >= 11 is 0. The first-order valence-corrected chi connectivity index (χ1v) is 8.44. The number of H-pyrrole nitrogens is 1. The Morgan fingerprint density at radius 1 is 1.27 bits per heavy atom. The third-order valence-electron chi connectivity index (χ3n) is 4.61. The number of benzene rings is 2. The first-order valence-electron chi connectivity index (χ1n) is 8.44. The highest BCUT2D eigenvalue weighted by Gasteiger charge is 2.30. The predicted octanol–water partition coefficient (Wildman–Crippen LogP) is 2.75. The molecule has 0 bridgehead atoms. The summed E-state index contributed by atoms with van der Waals surface area (Å²) in [5.41, 5.74) is 3.10. The standard InChI is InChI=1S/C20H17FN2O3/c21-14-5-6-17-16(10-14)13(11-23-17)7-8-22-19(24)18-9-12-3-1-2-4-15(12)20(25)26-18/h1-6,10-11,18,23H,7-9H2,(H,22,24). The van der Waals surface area contributed by atoms with Gasteiger partial charge in [0.1, 0.15) is 5.82 Å². The zero-order valence-electron chi connectivity index (χ0n) is 13.9. The van der Waals surface area contributed by atoms with Crippen LogP contribution >= 0.6 is 0 Å². The molecule has 26 heavy (non-hydrogen) atoms. The van der Waals surface area contributed by atoms with Crippen molar-refractivity contribution in [3.63, 3.8) is 0 Å². The minimum Gasteiger partial charge on any atom is -0.448 e. The number of carbonyl (C=O) groups excluding carboxylic acids is 2. The van der Waals surface area contributed by atoms with E-state index in [1.54, 1.807) is 18.2 Å². The summed E-state index contributed by atoms with van der Waals surface area (Å²) in [5.74, 6) is -1.09. The number of fused-ring (bicyclic) bond motifs is 2. The van der Waals surface area contributed by atoms with Crippen molar-refractivity contribution in [2.75, 3.05) is 6.54 Å². The van der Waals surface area contributed by atoms with E-state index in [1.807, 2.05) is 18.3 Å². The zero-order valence-corrected chi connectivity index (χ0v) is 13.9. The largest absolute Gasteiger partial charge is 0.448 e. The molecule has 1 atom stereocenters. The van der Waals surface area contributed by atoms with Crippen LogP contribution < -0.4 is 5.32 Å². The molecular weight excluding hydrogens is 335 g/mol. The van der Waals surface area contributed by atoms with Crippen molar-refractivity contribution in [2.45, 2.75) is 18.9 Å². The van der Waals surface area contributed by atoms with Gasteiger partial charge in [-0.1, -0.05) is 18.2 Å². The van der Waals surface area contributed by atoms with Gasteiger partial charge < -0.3 is 15.0 Å². The topological polar surface area (TPSA) is 71.2 Å². The first-order chi connectivity index (χ1) is 12.6. The van der Waals surface area contributed by atoms with Crippen LogP contribution in [0.25, 0.3) is 10.9 Å². The Balaban J connectivity index is 1.38. The highest BCUT2D eigenvalue weighted by molar-refractivity contribution is 5.95. The quantitative estimate of drug-likeness (QED) is 0.709. The molecule has 2 N–H and O–H groups in total. The molecule has 1 unspecified atom stereocenters. The van der Waals surface area contributed by atoms with Crippen molar-refractivity contribution < 1.29 is 18.7 Å². The number of nitrogens with one attached hydrogen (secondary N) is 2. The maximum absolute atomic E-state index is 13.4. The molecule has 0 spiro atoms. The van der Waals surface area contributed by atoms with Crippen LogP contribution in [-0.4, -0.2) is 29.5 Å². The van der Waals surface area contributed by atoms with Gasteiger partial charge in [0.05, 0.1) is 5.56 Å². The monoisotopic (exact) mass is 352 g/mol. The summed E-state index contributed by atoms with van der Waals surface area (Å²) in [6.07, 6.45) is 1.91. The van der Waals surface area contributed by atoms with E-state index in [-0.39, 0.29) is 11.7 Å². The normalized spacial score (nSPS) is 16.2. The Hall–Kier alpha value is -3.15. The lowest BCUT2D eigenvalue weighted by atomic mass is 9.98. The number of carbonyl (C=O) groups is 2. The zero-order chi connectivity index (χ0) is 18.1. The molecule has 1 aliphatic heterocycles. The minimum atomic E-state index is -0.821. The number of rotatable bonds is 4. The van der Waals surface area contributed by atoms with Gasteiger partial charge in [-0.3, -0.25) is 4.79 Å². The van der Waals surface area contributed by atoms with Gasteiger partial charge in [0.15, 0.2) is 6.10 Å². The number of hydrogen-bond donors (Lipinski definition) is 2. The van der Waals surface area contributed by atoms with Gasteiger partial charge >= 0.3 is 5.97 Å². The van der Waals surface area contributed by atoms with Gasteiger partial charge in [-0.25, -0.2) is 9.18 Å². The molecule has 1 aromatic heterocycles. The summed E-state index contributed by atoms with van der Waals surface area (Å²) in [6, 6.07) is 11.7. The average Bonchev–Trinajstić information content (AvgIpc) is 3.04. The minimum absolute atomic E-state index is 0.296. The van der Waals surface area contributed by atoms with Crippen LogP contribution in [0, 0.1) is 5.82 Å². The van der Waals surface area contributed by atoms with E-state index in [4.69, 9.17) is 4.74 Å². The first kappa shape index (κ1) is 16.3. The van der Waals surface area contributed by atoms with E-state index < -0.39 is 12.1 Å². The lowest BCUT2D eigenvalue weighted by molar-refractivity contribution is -0.130. The van der Waals surface area contributed by atoms with Crippen LogP contribution in [0.4, 0.5) is 4.39 Å². The molecular formula is C20H17FN2O3. The molecule has 3 aromatic rings. The molecule has 1 aliphatic rings. The van der Waals surface area contributed by atoms with Gasteiger partial charge in [-0.15, -0.1) is 0 Å². The second kappa shape index (κ2) is 6.63. The molecule has 4 rings (SSSR count). The molecule has 2 aromatic carbocycles. The molecule has 0 fully saturated rings. The number of halogens is 1. The van der Waals surface area contributed by atoms with Crippen LogP contribution in [0.15, 0.2) is 48.7 Å². The highest BCUT2D eigenvalue weighted by Crippen LogP contribution is 2.21. The number of aromatic nitrogens is 1. The van der Waals surface area contributed by atoms with E-state index in [9.17, 15) is 14.0 Å². The number of amides is 1. The summed E-state index contributed by atoms with van der Waals surface area (Å²) in [4.78, 5) is 27.4. The van der Waals surface area contributed by atoms with Crippen LogP contribution in [-0.2, 0) is 22.4 Å². The Morgan fingerprint density at radius 3 is 3.00 bits per heavy atom. The second-order valence-corrected chi connectivity index (χ2v) is 6.30. The Morgan fingerprint density at radius 2 is 2.12 bits per heavy atom. The third-order valence-corrected chi connectivity index (χ3v) is 4.61. The molecule has 0 radical (unpaired) electrons. The number of hydrogen-bond acceptors (Lipinski definition) is 3. The van der Waals surface area contributed by atoms with Crippen molar-refractivity contribution in [3.8, 4) is 0 Å². The fraction of sp³-hybridized carbons (Fsp3) is 0.200. The number of ether oxygens (including phenoxy) is 1. The summed E-state index contributed by atoms with van der Waals surface area (Å²) in [5, 5.41) is 3.60. The molecule has 0 aliphatic carbocycles. The summed E-state index contributed by atoms with van der Waals surface area (Å²) < 4.78 is 18.7. The van der Waals surface area contributed by atoms with Gasteiger partial charge in [-0.05, 0) is 41.8 Å². The van der Waals surface area contributed by atoms with Crippen LogP contribution in [0.2, 0.25) is 0 Å². The molecule has 132 valence electrons. The Kier molecular flexibility index (Phi) is 4.16. The summed E-state index contributed by atoms with van der Waals surface area (Å²) in [6.45, 7) is 0.373. The van der Waals surface area contributed by atoms with E-state index in [0.29, 0.717) is 24.9 Å². The van der Waals surface area contributed by atoms with Crippen LogP contribution in [0.5, 0.6) is 0 Å². The second-order valence-electron chi connectivity index (χ2n) is 6.30. The Labute approximate surface area is 149 Å². The van der Waals surface area contributed by atoms with E-state index >= 15 is 0 Å². The van der Waals surface area contributed by atoms with E-state index in [0.717, 1.165) is 22.0 Å². The van der Waals surface area contributed by atoms with Gasteiger partial charge in [0.25, 0.3) is 5.91 Å². The molecule has 0 saturated heterocycles. The van der Waals surface area contributed by atoms with Crippen molar-refractivity contribution >= 4 is 22.8 Å². The molecule has 5 nitrogen and oxygen atoms in total. The summed E-state index contributed by atoms with van der Waals surface area (Å²) in [7, 11) is 0. The SMILES string of the molecule is O=C1OC(C(=O)NCCc2c[nH]c3ccc(F)cc23)Cc2ccccc21. The highest BCUT2D eigenvalue weighted by atomic mass is 19.1. The van der Waals surface area contributed by atoms with Gasteiger partial charge in [-0.2, -0.15) is 0 Å². The maximum atomic E-state index is 13.4. The number of aromatic amines is 1. The fourth-order valence-corrected chi connectivity index (χ4v) is 3.27. The van der Waals surface area contributed by atoms with Crippen molar-refractivity contribution in [3.05, 3.63) is 71.2 Å². The maximum Gasteiger partial charge on any atom is 0.339 e. The molecule has 1 amide bonds. The van der Waals surface area contributed by atoms with Gasteiger partial charge in [0, 0.05) is 30.1 Å². The molecule has 2 heterocycles. The van der Waals surface area contributed by atoms with Crippen molar-refractivity contribution in [2.24, 2.45) is 0 Å². The van der Waals surface area contributed by atoms with Crippen LogP contribution in [0.3, 0.4) is 0 Å². The smallest absolute Gasteiger partial charge is 0.339 e. The van der Waals surface area contributed by atoms with Crippen molar-refractivity contribution in [1.29, 1.82) is 0 Å². The molecule has 0 saturated carbocycles. The van der Waals surface area contributed by atoms with E-state index in [1.165, 1.54) is 12.1 Å². The number of cyclic esters (lactones) is 1. The Bertz CT molecular complexity index is 996. The predicted molar refractivity (Wildman–Crippen MR) is 94.3 cm³/mol. The fourth-order valence-electron chi connectivity index (χ4n) is 3.27. The lowest BCUT2D eigenvalue weighted by Crippen LogP contribution is -2.42. The molecule has 6 heteroatoms.